The lowest BCUT2D eigenvalue weighted by Gasteiger charge is -2.24. The monoisotopic (exact) mass is 275 g/mol. The highest BCUT2D eigenvalue weighted by Crippen LogP contribution is 2.39. The Bertz CT molecular complexity index is 402. The Hall–Kier alpha value is -0.730. The van der Waals surface area contributed by atoms with Crippen molar-refractivity contribution in [1.82, 2.24) is 5.32 Å². The van der Waals surface area contributed by atoms with E-state index in [1.807, 2.05) is 0 Å². The Balaban J connectivity index is 1.97. The first-order valence-electron chi connectivity index (χ1n) is 7.33. The second-order valence-corrected chi connectivity index (χ2v) is 6.81. The summed E-state index contributed by atoms with van der Waals surface area (Å²) in [7, 11) is 0. The van der Waals surface area contributed by atoms with Gasteiger partial charge in [0.1, 0.15) is 0 Å². The largest absolute Gasteiger partial charge is 0.313 e. The van der Waals surface area contributed by atoms with E-state index in [2.05, 4.69) is 61.8 Å². The van der Waals surface area contributed by atoms with Crippen LogP contribution in [0.2, 0.25) is 0 Å². The van der Waals surface area contributed by atoms with Crippen molar-refractivity contribution in [2.75, 3.05) is 6.54 Å². The van der Waals surface area contributed by atoms with Crippen LogP contribution in [0.3, 0.4) is 0 Å². The minimum atomic E-state index is 0.606. The molecule has 0 saturated carbocycles. The molecule has 2 heteroatoms. The van der Waals surface area contributed by atoms with E-state index in [4.69, 9.17) is 0 Å². The molecule has 2 unspecified atom stereocenters. The van der Waals surface area contributed by atoms with Gasteiger partial charge in [0.05, 0.1) is 0 Å². The van der Waals surface area contributed by atoms with Crippen LogP contribution in [0, 0.1) is 0 Å². The fourth-order valence-corrected chi connectivity index (χ4v) is 4.03. The second-order valence-electron chi connectivity index (χ2n) is 5.52. The Morgan fingerprint density at radius 3 is 2.95 bits per heavy atom. The lowest BCUT2D eigenvalue weighted by Crippen LogP contribution is -2.38. The molecule has 1 aromatic carbocycles. The molecule has 1 aliphatic rings. The van der Waals surface area contributed by atoms with Gasteiger partial charge in [-0.05, 0) is 50.8 Å². The van der Waals surface area contributed by atoms with Gasteiger partial charge in [-0.2, -0.15) is 0 Å². The fraction of sp³-hybridized carbons (Fsp3) is 0.529. The highest BCUT2D eigenvalue weighted by atomic mass is 32.2. The number of fused-ring (bicyclic) bond motifs is 1. The minimum Gasteiger partial charge on any atom is -0.313 e. The van der Waals surface area contributed by atoms with Crippen LogP contribution in [-0.4, -0.2) is 17.8 Å². The lowest BCUT2D eigenvalue weighted by atomic mass is 9.99. The highest BCUT2D eigenvalue weighted by Gasteiger charge is 2.28. The number of benzene rings is 1. The van der Waals surface area contributed by atoms with Crippen LogP contribution in [0.1, 0.15) is 38.7 Å². The molecule has 0 amide bonds. The van der Waals surface area contributed by atoms with Gasteiger partial charge < -0.3 is 5.32 Å². The molecule has 104 valence electrons. The molecular formula is C17H25NS. The maximum Gasteiger partial charge on any atom is 0.0289 e. The molecule has 1 aliphatic heterocycles. The van der Waals surface area contributed by atoms with E-state index in [1.165, 1.54) is 35.3 Å². The normalized spacial score (nSPS) is 19.2. The van der Waals surface area contributed by atoms with Gasteiger partial charge in [-0.3, -0.25) is 0 Å². The molecule has 0 spiro atoms. The van der Waals surface area contributed by atoms with Gasteiger partial charge in [0.25, 0.3) is 0 Å². The standard InChI is InChI=1S/C17H25NS/c1-4-11-18-15(10-9-13(2)3)17-12-14-7-5-6-8-16(14)19-17/h5-8,15,17-18H,2,4,9-12H2,1,3H3. The molecule has 2 rings (SSSR count). The molecule has 0 radical (unpaired) electrons. The molecule has 1 N–H and O–H groups in total. The van der Waals surface area contributed by atoms with Crippen LogP contribution < -0.4 is 5.32 Å². The number of hydrogen-bond donors (Lipinski definition) is 1. The van der Waals surface area contributed by atoms with E-state index >= 15 is 0 Å². The summed E-state index contributed by atoms with van der Waals surface area (Å²) >= 11 is 2.05. The first kappa shape index (κ1) is 14.7. The van der Waals surface area contributed by atoms with Crippen molar-refractivity contribution in [3.8, 4) is 0 Å². The molecule has 1 nitrogen and oxygen atoms in total. The van der Waals surface area contributed by atoms with Crippen molar-refractivity contribution in [3.05, 3.63) is 42.0 Å². The quantitative estimate of drug-likeness (QED) is 0.739. The maximum absolute atomic E-state index is 4.04. The van der Waals surface area contributed by atoms with E-state index in [0.29, 0.717) is 11.3 Å². The van der Waals surface area contributed by atoms with E-state index in [9.17, 15) is 0 Å². The predicted octanol–water partition coefficient (Wildman–Crippen LogP) is 4.43. The molecule has 1 heterocycles. The minimum absolute atomic E-state index is 0.606. The first-order valence-corrected chi connectivity index (χ1v) is 8.21. The average Bonchev–Trinajstić information content (AvgIpc) is 2.82. The SMILES string of the molecule is C=C(C)CCC(NCCC)C1Cc2ccccc2S1. The second kappa shape index (κ2) is 7.16. The van der Waals surface area contributed by atoms with Crippen molar-refractivity contribution >= 4 is 11.8 Å². The zero-order valence-electron chi connectivity index (χ0n) is 12.1. The number of rotatable bonds is 7. The van der Waals surface area contributed by atoms with Gasteiger partial charge in [0.15, 0.2) is 0 Å². The van der Waals surface area contributed by atoms with Gasteiger partial charge >= 0.3 is 0 Å². The van der Waals surface area contributed by atoms with Gasteiger partial charge in [-0.25, -0.2) is 0 Å². The Morgan fingerprint density at radius 1 is 1.47 bits per heavy atom. The van der Waals surface area contributed by atoms with Crippen LogP contribution >= 0.6 is 11.8 Å². The van der Waals surface area contributed by atoms with Gasteiger partial charge in [0, 0.05) is 16.2 Å². The molecule has 0 bridgehead atoms. The van der Waals surface area contributed by atoms with Crippen LogP contribution in [0.25, 0.3) is 0 Å². The predicted molar refractivity (Wildman–Crippen MR) is 85.9 cm³/mol. The lowest BCUT2D eigenvalue weighted by molar-refractivity contribution is 0.465. The van der Waals surface area contributed by atoms with E-state index in [-0.39, 0.29) is 0 Å². The van der Waals surface area contributed by atoms with E-state index in [1.54, 1.807) is 0 Å². The van der Waals surface area contributed by atoms with Crippen molar-refractivity contribution in [1.29, 1.82) is 0 Å². The van der Waals surface area contributed by atoms with Gasteiger partial charge in [-0.15, -0.1) is 18.3 Å². The van der Waals surface area contributed by atoms with Gasteiger partial charge in [0.2, 0.25) is 0 Å². The van der Waals surface area contributed by atoms with Crippen molar-refractivity contribution in [3.63, 3.8) is 0 Å². The summed E-state index contributed by atoms with van der Waals surface area (Å²) in [5.41, 5.74) is 2.82. The molecule has 0 aliphatic carbocycles. The summed E-state index contributed by atoms with van der Waals surface area (Å²) in [4.78, 5) is 1.48. The maximum atomic E-state index is 4.04. The average molecular weight is 275 g/mol. The Morgan fingerprint density at radius 2 is 2.26 bits per heavy atom. The number of hydrogen-bond acceptors (Lipinski definition) is 2. The van der Waals surface area contributed by atoms with Crippen LogP contribution in [0.5, 0.6) is 0 Å². The molecule has 2 atom stereocenters. The summed E-state index contributed by atoms with van der Waals surface area (Å²) < 4.78 is 0. The number of thioether (sulfide) groups is 1. The summed E-state index contributed by atoms with van der Waals surface area (Å²) in [6.07, 6.45) is 4.75. The number of nitrogens with one attached hydrogen (secondary N) is 1. The molecule has 0 saturated heterocycles. The van der Waals surface area contributed by atoms with Crippen LogP contribution in [0.4, 0.5) is 0 Å². The smallest absolute Gasteiger partial charge is 0.0289 e. The topological polar surface area (TPSA) is 12.0 Å². The van der Waals surface area contributed by atoms with E-state index < -0.39 is 0 Å². The zero-order chi connectivity index (χ0) is 13.7. The molecule has 0 fully saturated rings. The molecular weight excluding hydrogens is 250 g/mol. The third kappa shape index (κ3) is 4.12. The van der Waals surface area contributed by atoms with Crippen molar-refractivity contribution in [2.24, 2.45) is 0 Å². The zero-order valence-corrected chi connectivity index (χ0v) is 12.9. The summed E-state index contributed by atoms with van der Waals surface area (Å²) in [6, 6.07) is 9.45. The van der Waals surface area contributed by atoms with E-state index in [0.717, 1.165) is 13.0 Å². The Kier molecular flexibility index (Phi) is 5.53. The third-order valence-electron chi connectivity index (χ3n) is 3.66. The first-order chi connectivity index (χ1) is 9.20. The highest BCUT2D eigenvalue weighted by molar-refractivity contribution is 8.00. The Labute approximate surface area is 121 Å². The van der Waals surface area contributed by atoms with Crippen LogP contribution in [0.15, 0.2) is 41.3 Å². The van der Waals surface area contributed by atoms with Crippen LogP contribution in [-0.2, 0) is 6.42 Å². The van der Waals surface area contributed by atoms with Crippen molar-refractivity contribution in [2.45, 2.75) is 55.7 Å². The molecule has 1 aromatic rings. The third-order valence-corrected chi connectivity index (χ3v) is 5.11. The summed E-state index contributed by atoms with van der Waals surface area (Å²) in [5.74, 6) is 0. The fourth-order valence-electron chi connectivity index (χ4n) is 2.58. The summed E-state index contributed by atoms with van der Waals surface area (Å²) in [6.45, 7) is 9.53. The summed E-state index contributed by atoms with van der Waals surface area (Å²) in [5, 5.41) is 4.42. The van der Waals surface area contributed by atoms with Crippen molar-refractivity contribution < 1.29 is 0 Å². The van der Waals surface area contributed by atoms with Gasteiger partial charge in [-0.1, -0.05) is 30.7 Å². The molecule has 19 heavy (non-hydrogen) atoms. The number of allylic oxidation sites excluding steroid dienone is 1. The molecule has 0 aromatic heterocycles.